The van der Waals surface area contributed by atoms with E-state index in [0.29, 0.717) is 22.6 Å². The fourth-order valence-electron chi connectivity index (χ4n) is 2.00. The Hall–Kier alpha value is -3.15. The van der Waals surface area contributed by atoms with Gasteiger partial charge in [0.25, 0.3) is 0 Å². The fourth-order valence-corrected chi connectivity index (χ4v) is 2.00. The van der Waals surface area contributed by atoms with Gasteiger partial charge in [-0.25, -0.2) is 4.79 Å². The molecule has 0 unspecified atom stereocenters. The maximum absolute atomic E-state index is 11.9. The lowest BCUT2D eigenvalue weighted by Crippen LogP contribution is -2.19. The first-order valence-corrected chi connectivity index (χ1v) is 7.56. The van der Waals surface area contributed by atoms with Crippen molar-refractivity contribution in [2.75, 3.05) is 20.3 Å². The number of methoxy groups -OCH3 is 1. The number of hydrogen-bond acceptors (Lipinski definition) is 6. The second kappa shape index (κ2) is 8.63. The third-order valence-corrected chi connectivity index (χ3v) is 3.37. The van der Waals surface area contributed by atoms with Crippen LogP contribution >= 0.6 is 0 Å². The number of benzene rings is 2. The van der Waals surface area contributed by atoms with Crippen LogP contribution in [0.2, 0.25) is 0 Å². The van der Waals surface area contributed by atoms with Crippen LogP contribution in [0.4, 0.5) is 0 Å². The first-order valence-electron chi connectivity index (χ1n) is 7.56. The van der Waals surface area contributed by atoms with E-state index in [1.807, 2.05) is 0 Å². The molecule has 130 valence electrons. The molecule has 0 atom stereocenters. The van der Waals surface area contributed by atoms with E-state index in [1.54, 1.807) is 42.5 Å². The smallest absolute Gasteiger partial charge is 0.344 e. The van der Waals surface area contributed by atoms with E-state index in [1.165, 1.54) is 20.1 Å². The van der Waals surface area contributed by atoms with Crippen molar-refractivity contribution in [1.82, 2.24) is 0 Å². The number of esters is 1. The monoisotopic (exact) mass is 342 g/mol. The van der Waals surface area contributed by atoms with E-state index in [4.69, 9.17) is 14.2 Å². The Kier molecular flexibility index (Phi) is 6.28. The van der Waals surface area contributed by atoms with Gasteiger partial charge in [-0.3, -0.25) is 9.59 Å². The predicted molar refractivity (Wildman–Crippen MR) is 90.2 cm³/mol. The van der Waals surface area contributed by atoms with Crippen molar-refractivity contribution in [1.29, 1.82) is 0 Å². The number of Topliss-reactive ketones (excluding diaryl/α,β-unsaturated/α-hetero) is 2. The zero-order valence-corrected chi connectivity index (χ0v) is 14.0. The van der Waals surface area contributed by atoms with Gasteiger partial charge >= 0.3 is 5.97 Å². The first-order chi connectivity index (χ1) is 12.0. The van der Waals surface area contributed by atoms with E-state index in [2.05, 4.69) is 0 Å². The molecule has 6 heteroatoms. The summed E-state index contributed by atoms with van der Waals surface area (Å²) in [7, 11) is 1.53. The number of rotatable bonds is 8. The quantitative estimate of drug-likeness (QED) is 0.542. The minimum absolute atomic E-state index is 0.0990. The van der Waals surface area contributed by atoms with E-state index >= 15 is 0 Å². The van der Waals surface area contributed by atoms with Crippen LogP contribution in [0.5, 0.6) is 11.5 Å². The van der Waals surface area contributed by atoms with Crippen LogP contribution in [0, 0.1) is 0 Å². The lowest BCUT2D eigenvalue weighted by molar-refractivity contribution is -0.144. The van der Waals surface area contributed by atoms with Crippen molar-refractivity contribution in [3.05, 3.63) is 59.7 Å². The summed E-state index contributed by atoms with van der Waals surface area (Å²) in [6.45, 7) is 0.720. The highest BCUT2D eigenvalue weighted by Crippen LogP contribution is 2.14. The number of ketones is 2. The molecule has 0 aliphatic rings. The molecule has 6 nitrogen and oxygen atoms in total. The molecule has 0 N–H and O–H groups in total. The van der Waals surface area contributed by atoms with Crippen molar-refractivity contribution in [2.24, 2.45) is 0 Å². The van der Waals surface area contributed by atoms with E-state index in [9.17, 15) is 14.4 Å². The molecular weight excluding hydrogens is 324 g/mol. The predicted octanol–water partition coefficient (Wildman–Crippen LogP) is 2.70. The number of ether oxygens (including phenoxy) is 3. The summed E-state index contributed by atoms with van der Waals surface area (Å²) < 4.78 is 15.2. The second-order valence-corrected chi connectivity index (χ2v) is 5.19. The summed E-state index contributed by atoms with van der Waals surface area (Å²) in [4.78, 5) is 34.9. The Morgan fingerprint density at radius 2 is 1.60 bits per heavy atom. The summed E-state index contributed by atoms with van der Waals surface area (Å²) in [5, 5.41) is 0. The van der Waals surface area contributed by atoms with Gasteiger partial charge in [-0.05, 0) is 43.3 Å². The molecule has 0 heterocycles. The molecule has 2 rings (SSSR count). The van der Waals surface area contributed by atoms with Crippen molar-refractivity contribution in [3.63, 3.8) is 0 Å². The van der Waals surface area contributed by atoms with Crippen molar-refractivity contribution < 1.29 is 28.6 Å². The zero-order valence-electron chi connectivity index (χ0n) is 14.0. The number of hydrogen-bond donors (Lipinski definition) is 0. The zero-order chi connectivity index (χ0) is 18.2. The summed E-state index contributed by atoms with van der Waals surface area (Å²) in [5.41, 5.74) is 0.907. The van der Waals surface area contributed by atoms with Gasteiger partial charge in [-0.2, -0.15) is 0 Å². The summed E-state index contributed by atoms with van der Waals surface area (Å²) in [6, 6.07) is 13.0. The Labute approximate surface area is 145 Å². The Morgan fingerprint density at radius 3 is 2.24 bits per heavy atom. The SMILES string of the molecule is COc1ccc(C(=O)COC(=O)COc2cccc(C(C)=O)c2)cc1. The molecule has 0 radical (unpaired) electrons. The third-order valence-electron chi connectivity index (χ3n) is 3.37. The van der Waals surface area contributed by atoms with E-state index in [0.717, 1.165) is 0 Å². The molecule has 0 aliphatic heterocycles. The second-order valence-electron chi connectivity index (χ2n) is 5.19. The first kappa shape index (κ1) is 18.2. The van der Waals surface area contributed by atoms with Gasteiger partial charge in [0.2, 0.25) is 0 Å². The lowest BCUT2D eigenvalue weighted by atomic mass is 10.1. The van der Waals surface area contributed by atoms with Crippen LogP contribution in [0.1, 0.15) is 27.6 Å². The van der Waals surface area contributed by atoms with E-state index < -0.39 is 5.97 Å². The molecule has 0 fully saturated rings. The molecule has 2 aromatic rings. The normalized spacial score (nSPS) is 10.0. The molecule has 0 aliphatic carbocycles. The van der Waals surface area contributed by atoms with Crippen molar-refractivity contribution in [3.8, 4) is 11.5 Å². The maximum Gasteiger partial charge on any atom is 0.344 e. The van der Waals surface area contributed by atoms with Crippen LogP contribution in [0.25, 0.3) is 0 Å². The van der Waals surface area contributed by atoms with Crippen LogP contribution in [0.3, 0.4) is 0 Å². The van der Waals surface area contributed by atoms with Gasteiger partial charge in [0.1, 0.15) is 11.5 Å². The molecule has 25 heavy (non-hydrogen) atoms. The van der Waals surface area contributed by atoms with Crippen molar-refractivity contribution in [2.45, 2.75) is 6.92 Å². The standard InChI is InChI=1S/C19H18O6/c1-13(20)15-4-3-5-17(10-15)24-12-19(22)25-11-18(21)14-6-8-16(23-2)9-7-14/h3-10H,11-12H2,1-2H3. The van der Waals surface area contributed by atoms with E-state index in [-0.39, 0.29) is 24.8 Å². The van der Waals surface area contributed by atoms with Crippen LogP contribution in [-0.4, -0.2) is 37.9 Å². The summed E-state index contributed by atoms with van der Waals surface area (Å²) >= 11 is 0. The number of carbonyl (C=O) groups is 3. The maximum atomic E-state index is 11.9. The Morgan fingerprint density at radius 1 is 0.880 bits per heavy atom. The van der Waals surface area contributed by atoms with Crippen LogP contribution in [0.15, 0.2) is 48.5 Å². The third kappa shape index (κ3) is 5.46. The molecule has 0 saturated carbocycles. The lowest BCUT2D eigenvalue weighted by Gasteiger charge is -2.08. The average Bonchev–Trinajstić information content (AvgIpc) is 2.64. The molecule has 0 spiro atoms. The fraction of sp³-hybridized carbons (Fsp3) is 0.211. The highest BCUT2D eigenvalue weighted by molar-refractivity contribution is 5.98. The highest BCUT2D eigenvalue weighted by atomic mass is 16.6. The Bertz CT molecular complexity index is 764. The van der Waals surface area contributed by atoms with Gasteiger partial charge in [0.15, 0.2) is 24.8 Å². The molecule has 2 aromatic carbocycles. The summed E-state index contributed by atoms with van der Waals surface area (Å²) in [5.74, 6) is -0.0800. The molecule has 0 bridgehead atoms. The largest absolute Gasteiger partial charge is 0.497 e. The molecule has 0 amide bonds. The topological polar surface area (TPSA) is 78.9 Å². The molecular formula is C19H18O6. The number of carbonyl (C=O) groups excluding carboxylic acids is 3. The van der Waals surface area contributed by atoms with Gasteiger partial charge in [-0.1, -0.05) is 12.1 Å². The van der Waals surface area contributed by atoms with Gasteiger partial charge in [-0.15, -0.1) is 0 Å². The molecule has 0 saturated heterocycles. The van der Waals surface area contributed by atoms with Crippen LogP contribution in [-0.2, 0) is 9.53 Å². The Balaban J connectivity index is 1.81. The van der Waals surface area contributed by atoms with Gasteiger partial charge in [0.05, 0.1) is 7.11 Å². The summed E-state index contributed by atoms with van der Waals surface area (Å²) in [6.07, 6.45) is 0. The van der Waals surface area contributed by atoms with Crippen molar-refractivity contribution >= 4 is 17.5 Å². The molecule has 0 aromatic heterocycles. The van der Waals surface area contributed by atoms with Gasteiger partial charge < -0.3 is 14.2 Å². The van der Waals surface area contributed by atoms with Gasteiger partial charge in [0, 0.05) is 11.1 Å². The van der Waals surface area contributed by atoms with Crippen LogP contribution < -0.4 is 9.47 Å². The highest BCUT2D eigenvalue weighted by Gasteiger charge is 2.11. The minimum Gasteiger partial charge on any atom is -0.497 e. The average molecular weight is 342 g/mol. The minimum atomic E-state index is -0.671.